The highest BCUT2D eigenvalue weighted by Crippen LogP contribution is 2.32. The molecule has 1 atom stereocenters. The van der Waals surface area contributed by atoms with Crippen LogP contribution in [-0.4, -0.2) is 52.2 Å². The summed E-state index contributed by atoms with van der Waals surface area (Å²) in [4.78, 5) is 16.4. The number of aliphatic hydroxyl groups excluding tert-OH is 1. The molecule has 1 unspecified atom stereocenters. The number of hydrogen-bond donors (Lipinski definition) is 2. The van der Waals surface area contributed by atoms with Gasteiger partial charge >= 0.3 is 6.03 Å². The highest BCUT2D eigenvalue weighted by atomic mass is 19.1. The number of hydrogen-bond acceptors (Lipinski definition) is 2. The zero-order valence-electron chi connectivity index (χ0n) is 17.8. The van der Waals surface area contributed by atoms with Gasteiger partial charge in [0, 0.05) is 25.2 Å². The molecule has 6 nitrogen and oxygen atoms in total. The summed E-state index contributed by atoms with van der Waals surface area (Å²) in [5.74, 6) is -1.00. The van der Waals surface area contributed by atoms with E-state index >= 15 is 0 Å². The average molecular weight is 429 g/mol. The molecule has 0 spiro atoms. The molecule has 0 bridgehead atoms. The number of nitrogens with one attached hydrogen (secondary N) is 1. The van der Waals surface area contributed by atoms with Gasteiger partial charge in [-0.15, -0.1) is 4.68 Å². The second kappa shape index (κ2) is 9.59. The Balaban J connectivity index is 1.89. The van der Waals surface area contributed by atoms with E-state index in [1.807, 2.05) is 16.9 Å². The predicted molar refractivity (Wildman–Crippen MR) is 114 cm³/mol. The van der Waals surface area contributed by atoms with Crippen LogP contribution in [0, 0.1) is 11.6 Å². The third-order valence-electron chi connectivity index (χ3n) is 5.21. The minimum absolute atomic E-state index is 0.0933. The van der Waals surface area contributed by atoms with Gasteiger partial charge in [-0.2, -0.15) is 5.10 Å². The van der Waals surface area contributed by atoms with Crippen molar-refractivity contribution < 1.29 is 23.4 Å². The maximum Gasteiger partial charge on any atom is 0.321 e. The highest BCUT2D eigenvalue weighted by Gasteiger charge is 2.34. The van der Waals surface area contributed by atoms with Crippen LogP contribution in [0.5, 0.6) is 0 Å². The third-order valence-corrected chi connectivity index (χ3v) is 5.21. The minimum atomic E-state index is -0.548. The van der Waals surface area contributed by atoms with Crippen LogP contribution in [0.1, 0.15) is 19.4 Å². The lowest BCUT2D eigenvalue weighted by Crippen LogP contribution is -2.48. The molecule has 31 heavy (non-hydrogen) atoms. The molecule has 164 valence electrons. The lowest BCUT2D eigenvalue weighted by atomic mass is 10.0. The van der Waals surface area contributed by atoms with Crippen LogP contribution in [0.3, 0.4) is 0 Å². The Morgan fingerprint density at radius 2 is 2.19 bits per heavy atom. The number of amides is 2. The molecule has 0 saturated heterocycles. The van der Waals surface area contributed by atoms with Crippen LogP contribution >= 0.6 is 0 Å². The monoisotopic (exact) mass is 429 g/mol. The van der Waals surface area contributed by atoms with Gasteiger partial charge in [-0.1, -0.05) is 12.2 Å². The van der Waals surface area contributed by atoms with E-state index in [2.05, 4.69) is 5.10 Å². The van der Waals surface area contributed by atoms with Gasteiger partial charge in [0.1, 0.15) is 11.6 Å². The Kier molecular flexibility index (Phi) is 6.89. The molecule has 1 aromatic carbocycles. The van der Waals surface area contributed by atoms with Gasteiger partial charge in [0.2, 0.25) is 0 Å². The lowest BCUT2D eigenvalue weighted by Gasteiger charge is -2.30. The van der Waals surface area contributed by atoms with Crippen LogP contribution in [0.15, 0.2) is 66.2 Å². The van der Waals surface area contributed by atoms with Gasteiger partial charge in [-0.05, 0) is 49.3 Å². The number of urea groups is 1. The first kappa shape index (κ1) is 22.3. The van der Waals surface area contributed by atoms with Crippen molar-refractivity contribution in [3.63, 3.8) is 0 Å². The third kappa shape index (κ3) is 5.20. The van der Waals surface area contributed by atoms with Gasteiger partial charge in [0.05, 0.1) is 24.5 Å². The number of rotatable bonds is 6. The van der Waals surface area contributed by atoms with Gasteiger partial charge in [0.25, 0.3) is 0 Å². The normalized spacial score (nSPS) is 17.1. The fourth-order valence-electron chi connectivity index (χ4n) is 3.62. The van der Waals surface area contributed by atoms with Crippen LogP contribution < -0.4 is 4.68 Å². The molecule has 1 aliphatic rings. The Hall–Kier alpha value is -3.42. The molecule has 2 aromatic rings. The summed E-state index contributed by atoms with van der Waals surface area (Å²) in [5.41, 5.74) is 1.34. The second-order valence-corrected chi connectivity index (χ2v) is 7.50. The number of carbonyl (C=O) groups is 1. The number of halogens is 2. The zero-order chi connectivity index (χ0) is 22.5. The summed E-state index contributed by atoms with van der Waals surface area (Å²) < 4.78 is 30.0. The van der Waals surface area contributed by atoms with E-state index in [-0.39, 0.29) is 23.9 Å². The molecule has 0 saturated carbocycles. The van der Waals surface area contributed by atoms with Crippen molar-refractivity contribution in [3.05, 3.63) is 83.4 Å². The second-order valence-electron chi connectivity index (χ2n) is 7.50. The fraction of sp³-hybridized carbons (Fsp3) is 0.304. The molecule has 1 aliphatic heterocycles. The Bertz CT molecular complexity index is 1020. The van der Waals surface area contributed by atoms with Crippen molar-refractivity contribution in [1.82, 2.24) is 14.9 Å². The molecular weight excluding hydrogens is 402 g/mol. The van der Waals surface area contributed by atoms with Crippen molar-refractivity contribution in [1.29, 1.82) is 0 Å². The number of aromatic amines is 1. The SMILES string of the molecule is C/C=C(\C=C(/C)O)C1C=C(c2cc(F)ccc2F)CN1C(=O)N(C)CC[n+]1ccc[nH]1. The van der Waals surface area contributed by atoms with E-state index in [9.17, 15) is 18.7 Å². The summed E-state index contributed by atoms with van der Waals surface area (Å²) in [6.07, 6.45) is 8.78. The van der Waals surface area contributed by atoms with Gasteiger partial charge in [-0.3, -0.25) is 0 Å². The number of nitrogens with zero attached hydrogens (tertiary/aromatic N) is 3. The molecule has 1 aromatic heterocycles. The van der Waals surface area contributed by atoms with Gasteiger partial charge in [-0.25, -0.2) is 13.6 Å². The van der Waals surface area contributed by atoms with E-state index in [4.69, 9.17) is 0 Å². The Morgan fingerprint density at radius 3 is 2.84 bits per heavy atom. The number of benzene rings is 1. The van der Waals surface area contributed by atoms with E-state index in [1.54, 1.807) is 55.1 Å². The molecule has 0 radical (unpaired) electrons. The maximum absolute atomic E-state index is 14.4. The number of allylic oxidation sites excluding steroid dienone is 2. The van der Waals surface area contributed by atoms with Crippen LogP contribution in [-0.2, 0) is 6.54 Å². The summed E-state index contributed by atoms with van der Waals surface area (Å²) >= 11 is 0. The van der Waals surface area contributed by atoms with Crippen LogP contribution in [0.4, 0.5) is 13.6 Å². The summed E-state index contributed by atoms with van der Waals surface area (Å²) in [7, 11) is 1.70. The summed E-state index contributed by atoms with van der Waals surface area (Å²) in [6.45, 7) is 4.51. The highest BCUT2D eigenvalue weighted by molar-refractivity contribution is 5.82. The molecular formula is C23H27F2N4O2+. The molecule has 0 fully saturated rings. The number of H-pyrrole nitrogens is 1. The summed E-state index contributed by atoms with van der Waals surface area (Å²) in [5, 5.41) is 12.8. The topological polar surface area (TPSA) is 63.5 Å². The number of aromatic nitrogens is 2. The van der Waals surface area contributed by atoms with Crippen molar-refractivity contribution >= 4 is 11.6 Å². The summed E-state index contributed by atoms with van der Waals surface area (Å²) in [6, 6.07) is 4.39. The number of aliphatic hydroxyl groups is 1. The minimum Gasteiger partial charge on any atom is -0.513 e. The molecule has 2 N–H and O–H groups in total. The first-order chi connectivity index (χ1) is 14.8. The first-order valence-corrected chi connectivity index (χ1v) is 10.0. The Morgan fingerprint density at radius 1 is 1.42 bits per heavy atom. The zero-order valence-corrected chi connectivity index (χ0v) is 17.8. The lowest BCUT2D eigenvalue weighted by molar-refractivity contribution is -0.749. The van der Waals surface area contributed by atoms with Crippen molar-refractivity contribution in [2.24, 2.45) is 0 Å². The number of likely N-dealkylation sites (N-methyl/N-ethyl adjacent to an activating group) is 1. The van der Waals surface area contributed by atoms with E-state index in [1.165, 1.54) is 0 Å². The largest absolute Gasteiger partial charge is 0.513 e. The molecule has 8 heteroatoms. The predicted octanol–water partition coefficient (Wildman–Crippen LogP) is 3.81. The van der Waals surface area contributed by atoms with Gasteiger partial charge < -0.3 is 14.9 Å². The van der Waals surface area contributed by atoms with E-state index in [0.717, 1.165) is 18.2 Å². The number of carbonyl (C=O) groups excluding carboxylic acids is 1. The van der Waals surface area contributed by atoms with E-state index in [0.29, 0.717) is 24.2 Å². The van der Waals surface area contributed by atoms with Crippen molar-refractivity contribution in [2.45, 2.75) is 26.4 Å². The molecule has 2 heterocycles. The van der Waals surface area contributed by atoms with Crippen molar-refractivity contribution in [3.8, 4) is 0 Å². The van der Waals surface area contributed by atoms with Crippen LogP contribution in [0.25, 0.3) is 5.57 Å². The molecule has 3 rings (SSSR count). The Labute approximate surface area is 180 Å². The molecule has 0 aliphatic carbocycles. The maximum atomic E-state index is 14.4. The van der Waals surface area contributed by atoms with Gasteiger partial charge in [0.15, 0.2) is 12.7 Å². The first-order valence-electron chi connectivity index (χ1n) is 10.0. The van der Waals surface area contributed by atoms with Crippen LogP contribution in [0.2, 0.25) is 0 Å². The fourth-order valence-corrected chi connectivity index (χ4v) is 3.62. The standard InChI is InChI=1S/C23H26F2N4O2/c1-4-17(12-16(2)30)22-13-18(20-14-19(24)6-7-21(20)25)15-29(22)23(31)27(3)10-11-28-9-5-8-26-28/h4-9,12-14,22,30H,10-11,15H2,1-3H3/p+1/b16-12+,17-4+. The van der Waals surface area contributed by atoms with E-state index < -0.39 is 17.7 Å². The average Bonchev–Trinajstić information content (AvgIpc) is 3.41. The molecule has 2 amide bonds. The van der Waals surface area contributed by atoms with Crippen molar-refractivity contribution in [2.75, 3.05) is 20.1 Å². The quantitative estimate of drug-likeness (QED) is 0.417. The smallest absolute Gasteiger partial charge is 0.321 e.